The van der Waals surface area contributed by atoms with Gasteiger partial charge in [-0.05, 0) is 0 Å². The van der Waals surface area contributed by atoms with Crippen molar-refractivity contribution in [2.45, 2.75) is 0 Å². The van der Waals surface area contributed by atoms with Crippen molar-refractivity contribution in [2.24, 2.45) is 0 Å². The van der Waals surface area contributed by atoms with Gasteiger partial charge in [0.1, 0.15) is 11.8 Å². The summed E-state index contributed by atoms with van der Waals surface area (Å²) in [7, 11) is 0. The Morgan fingerprint density at radius 3 is 2.90 bits per heavy atom. The summed E-state index contributed by atoms with van der Waals surface area (Å²) in [4.78, 5) is 12.7. The average Bonchev–Trinajstić information content (AvgIpc) is 1.95. The Kier molecular flexibility index (Phi) is 1.50. The van der Waals surface area contributed by atoms with Gasteiger partial charge in [0, 0.05) is 12.3 Å². The molecule has 0 amide bonds. The van der Waals surface area contributed by atoms with Gasteiger partial charge in [0.15, 0.2) is 5.82 Å². The molecule has 1 aromatic rings. The molecule has 1 aromatic heterocycles. The largest absolute Gasteiger partial charge is 0.350 e. The summed E-state index contributed by atoms with van der Waals surface area (Å²) in [6.45, 7) is 0. The number of nitriles is 1. The lowest BCUT2D eigenvalue weighted by Gasteiger charge is -1.86. The third-order valence-electron chi connectivity index (χ3n) is 0.986. The minimum atomic E-state index is -0.876. The predicted octanol–water partition coefficient (Wildman–Crippen LogP) is 0.386. The number of halogens is 1. The van der Waals surface area contributed by atoms with Crippen LogP contribution in [0, 0.1) is 17.1 Å². The molecule has 0 fully saturated rings. The zero-order valence-electron chi connectivity index (χ0n) is 4.89. The van der Waals surface area contributed by atoms with E-state index >= 15 is 0 Å². The summed E-state index contributed by atoms with van der Waals surface area (Å²) in [6, 6.07) is 2.58. The van der Waals surface area contributed by atoms with Crippen LogP contribution in [0.5, 0.6) is 0 Å². The Morgan fingerprint density at radius 1 is 1.70 bits per heavy atom. The molecular weight excluding hydrogens is 135 g/mol. The minimum absolute atomic E-state index is 0.0615. The van der Waals surface area contributed by atoms with E-state index in [1.807, 2.05) is 0 Å². The maximum absolute atomic E-state index is 12.2. The molecular formula is C6H3FN2O. The van der Waals surface area contributed by atoms with Gasteiger partial charge >= 0.3 is 0 Å². The van der Waals surface area contributed by atoms with Crippen molar-refractivity contribution in [1.29, 1.82) is 5.26 Å². The van der Waals surface area contributed by atoms with Gasteiger partial charge < -0.3 is 4.98 Å². The van der Waals surface area contributed by atoms with Crippen molar-refractivity contribution in [3.8, 4) is 6.07 Å². The molecule has 1 N–H and O–H groups in total. The maximum atomic E-state index is 12.2. The molecule has 0 saturated carbocycles. The molecule has 0 aliphatic heterocycles. The molecule has 50 valence electrons. The molecule has 4 heteroatoms. The van der Waals surface area contributed by atoms with E-state index in [-0.39, 0.29) is 5.69 Å². The second kappa shape index (κ2) is 2.31. The van der Waals surface area contributed by atoms with Crippen molar-refractivity contribution in [2.75, 3.05) is 0 Å². The topological polar surface area (TPSA) is 56.6 Å². The highest BCUT2D eigenvalue weighted by Crippen LogP contribution is 1.87. The zero-order valence-corrected chi connectivity index (χ0v) is 4.89. The molecule has 0 aliphatic rings. The highest BCUT2D eigenvalue weighted by molar-refractivity contribution is 5.19. The fourth-order valence-corrected chi connectivity index (χ4v) is 0.518. The number of pyridine rings is 1. The van der Waals surface area contributed by atoms with Crippen molar-refractivity contribution >= 4 is 0 Å². The predicted molar refractivity (Wildman–Crippen MR) is 31.7 cm³/mol. The Bertz CT molecular complexity index is 336. The first-order chi connectivity index (χ1) is 4.74. The van der Waals surface area contributed by atoms with Crippen LogP contribution in [0.2, 0.25) is 0 Å². The fraction of sp³-hybridized carbons (Fsp3) is 0. The van der Waals surface area contributed by atoms with E-state index in [1.54, 1.807) is 6.07 Å². The van der Waals surface area contributed by atoms with Crippen LogP contribution in [0.25, 0.3) is 0 Å². The normalized spacial score (nSPS) is 8.80. The minimum Gasteiger partial charge on any atom is -0.350 e. The molecule has 10 heavy (non-hydrogen) atoms. The molecule has 0 unspecified atom stereocenters. The van der Waals surface area contributed by atoms with Crippen molar-refractivity contribution in [3.63, 3.8) is 0 Å². The van der Waals surface area contributed by atoms with Gasteiger partial charge in [-0.25, -0.2) is 4.39 Å². The van der Waals surface area contributed by atoms with E-state index in [1.165, 1.54) is 0 Å². The Balaban J connectivity index is 3.34. The maximum Gasteiger partial charge on any atom is 0.218 e. The number of aromatic amines is 1. The van der Waals surface area contributed by atoms with Crippen LogP contribution >= 0.6 is 0 Å². The molecule has 0 aliphatic carbocycles. The first-order valence-electron chi connectivity index (χ1n) is 2.52. The van der Waals surface area contributed by atoms with Crippen molar-refractivity contribution < 1.29 is 4.39 Å². The van der Waals surface area contributed by atoms with Crippen molar-refractivity contribution in [3.05, 3.63) is 34.0 Å². The van der Waals surface area contributed by atoms with Crippen LogP contribution in [0.15, 0.2) is 17.1 Å². The summed E-state index contributed by atoms with van der Waals surface area (Å²) in [5.41, 5.74) is -0.707. The molecule has 0 aromatic carbocycles. The average molecular weight is 138 g/mol. The number of nitrogens with zero attached hydrogens (tertiary/aromatic N) is 1. The molecule has 0 saturated heterocycles. The highest BCUT2D eigenvalue weighted by atomic mass is 19.1. The zero-order chi connectivity index (χ0) is 7.56. The molecule has 1 heterocycles. The number of H-pyrrole nitrogens is 1. The van der Waals surface area contributed by atoms with Gasteiger partial charge in [0.05, 0.1) is 0 Å². The Hall–Kier alpha value is -1.63. The Morgan fingerprint density at radius 2 is 2.40 bits per heavy atom. The number of rotatable bonds is 0. The number of hydrogen-bond acceptors (Lipinski definition) is 2. The summed E-state index contributed by atoms with van der Waals surface area (Å²) < 4.78 is 12.2. The smallest absolute Gasteiger partial charge is 0.218 e. The van der Waals surface area contributed by atoms with Crippen molar-refractivity contribution in [1.82, 2.24) is 4.98 Å². The first-order valence-corrected chi connectivity index (χ1v) is 2.52. The lowest BCUT2D eigenvalue weighted by Crippen LogP contribution is -2.05. The second-order valence-corrected chi connectivity index (χ2v) is 1.67. The molecule has 1 rings (SSSR count). The van der Waals surface area contributed by atoms with Gasteiger partial charge in [0.25, 0.3) is 0 Å². The fourth-order valence-electron chi connectivity index (χ4n) is 0.518. The third kappa shape index (κ3) is 1.03. The van der Waals surface area contributed by atoms with E-state index in [0.29, 0.717) is 0 Å². The van der Waals surface area contributed by atoms with E-state index in [4.69, 9.17) is 5.26 Å². The standard InChI is InChI=1S/C6H3FN2O/c7-5-3-9-4(2-8)1-6(5)10/h1,3H,(H,9,10). The summed E-state index contributed by atoms with van der Waals surface area (Å²) in [5.74, 6) is -0.876. The molecule has 0 radical (unpaired) electrons. The Labute approximate surface area is 55.7 Å². The molecule has 0 bridgehead atoms. The van der Waals surface area contributed by atoms with Crippen LogP contribution in [-0.2, 0) is 0 Å². The van der Waals surface area contributed by atoms with Crippen LogP contribution in [-0.4, -0.2) is 4.98 Å². The van der Waals surface area contributed by atoms with Gasteiger partial charge in [-0.1, -0.05) is 0 Å². The van der Waals surface area contributed by atoms with Gasteiger partial charge in [-0.3, -0.25) is 4.79 Å². The van der Waals surface area contributed by atoms with E-state index in [0.717, 1.165) is 12.3 Å². The van der Waals surface area contributed by atoms with E-state index < -0.39 is 11.2 Å². The SMILES string of the molecule is N#Cc1cc(=O)c(F)c[nH]1. The third-order valence-corrected chi connectivity index (χ3v) is 0.986. The quantitative estimate of drug-likeness (QED) is 0.563. The van der Waals surface area contributed by atoms with Gasteiger partial charge in [-0.2, -0.15) is 5.26 Å². The number of nitrogens with one attached hydrogen (secondary N) is 1. The first kappa shape index (κ1) is 6.49. The highest BCUT2D eigenvalue weighted by Gasteiger charge is 1.96. The van der Waals surface area contributed by atoms with Crippen LogP contribution < -0.4 is 5.43 Å². The second-order valence-electron chi connectivity index (χ2n) is 1.67. The van der Waals surface area contributed by atoms with Gasteiger partial charge in [0.2, 0.25) is 5.43 Å². The van der Waals surface area contributed by atoms with Gasteiger partial charge in [-0.15, -0.1) is 0 Å². The van der Waals surface area contributed by atoms with Crippen LogP contribution in [0.1, 0.15) is 5.69 Å². The van der Waals surface area contributed by atoms with E-state index in [9.17, 15) is 9.18 Å². The lowest BCUT2D eigenvalue weighted by molar-refractivity contribution is 0.610. The number of hydrogen-bond donors (Lipinski definition) is 1. The number of aromatic nitrogens is 1. The van der Waals surface area contributed by atoms with Crippen LogP contribution in [0.3, 0.4) is 0 Å². The summed E-state index contributed by atoms with van der Waals surface area (Å²) in [6.07, 6.45) is 0.862. The lowest BCUT2D eigenvalue weighted by atomic mass is 10.4. The van der Waals surface area contributed by atoms with E-state index in [2.05, 4.69) is 4.98 Å². The summed E-state index contributed by atoms with van der Waals surface area (Å²) >= 11 is 0. The summed E-state index contributed by atoms with van der Waals surface area (Å²) in [5, 5.41) is 8.21. The molecule has 0 atom stereocenters. The van der Waals surface area contributed by atoms with Crippen LogP contribution in [0.4, 0.5) is 4.39 Å². The molecule has 3 nitrogen and oxygen atoms in total. The monoisotopic (exact) mass is 138 g/mol. The molecule has 0 spiro atoms.